The molecular weight excluding hydrogens is 477 g/mol. The SMILES string of the molecule is Cl.OC(CCCN1CCc2c(c3cc(F)ccc3n2-c2ccc(F)cc2)C1)c1ccc(Cl)cc1. The first-order valence-electron chi connectivity index (χ1n) is 11.2. The Kier molecular flexibility index (Phi) is 7.58. The van der Waals surface area contributed by atoms with Crippen molar-refractivity contribution in [3.63, 3.8) is 0 Å². The summed E-state index contributed by atoms with van der Waals surface area (Å²) in [6.07, 6.45) is 1.82. The summed E-state index contributed by atoms with van der Waals surface area (Å²) in [6.45, 7) is 2.45. The lowest BCUT2D eigenvalue weighted by Gasteiger charge is -2.28. The zero-order valence-electron chi connectivity index (χ0n) is 18.6. The molecule has 1 aliphatic rings. The molecule has 3 aromatic carbocycles. The van der Waals surface area contributed by atoms with Gasteiger partial charge in [-0.1, -0.05) is 23.7 Å². The Balaban J connectivity index is 0.00000274. The standard InChI is InChI=1S/C27H25ClF2N2O.ClH/c28-19-5-3-18(4-6-19)27(33)2-1-14-31-15-13-26-24(17-31)23-16-21(30)9-12-25(23)32(26)22-10-7-20(29)8-11-22;/h3-12,16,27,33H,1-2,13-15,17H2;1H. The molecule has 1 aliphatic heterocycles. The van der Waals surface area contributed by atoms with Gasteiger partial charge in [-0.15, -0.1) is 12.4 Å². The van der Waals surface area contributed by atoms with E-state index in [1.807, 2.05) is 12.1 Å². The van der Waals surface area contributed by atoms with E-state index in [1.54, 1.807) is 36.4 Å². The Labute approximate surface area is 209 Å². The summed E-state index contributed by atoms with van der Waals surface area (Å²) in [4.78, 5) is 2.36. The van der Waals surface area contributed by atoms with Crippen molar-refractivity contribution in [2.75, 3.05) is 13.1 Å². The fourth-order valence-corrected chi connectivity index (χ4v) is 4.95. The molecule has 0 spiro atoms. The zero-order chi connectivity index (χ0) is 22.9. The van der Waals surface area contributed by atoms with E-state index in [-0.39, 0.29) is 24.0 Å². The highest BCUT2D eigenvalue weighted by Gasteiger charge is 2.25. The molecule has 1 aromatic heterocycles. The van der Waals surface area contributed by atoms with E-state index in [9.17, 15) is 13.9 Å². The van der Waals surface area contributed by atoms with Gasteiger partial charge in [0.2, 0.25) is 0 Å². The Bertz CT molecular complexity index is 1270. The van der Waals surface area contributed by atoms with E-state index in [0.717, 1.165) is 65.9 Å². The van der Waals surface area contributed by atoms with E-state index in [0.29, 0.717) is 11.4 Å². The molecule has 0 fully saturated rings. The normalized spacial score (nSPS) is 14.6. The molecule has 0 saturated carbocycles. The smallest absolute Gasteiger partial charge is 0.123 e. The second-order valence-corrected chi connectivity index (χ2v) is 9.07. The predicted octanol–water partition coefficient (Wildman–Crippen LogP) is 6.86. The highest BCUT2D eigenvalue weighted by Crippen LogP contribution is 2.34. The molecule has 1 atom stereocenters. The van der Waals surface area contributed by atoms with Crippen LogP contribution >= 0.6 is 24.0 Å². The third kappa shape index (κ3) is 4.98. The number of nitrogens with zero attached hydrogens (tertiary/aromatic N) is 2. The average Bonchev–Trinajstić information content (AvgIpc) is 3.13. The van der Waals surface area contributed by atoms with Crippen molar-refractivity contribution in [3.05, 3.63) is 100 Å². The lowest BCUT2D eigenvalue weighted by atomic mass is 10.0. The van der Waals surface area contributed by atoms with Crippen molar-refractivity contribution in [1.82, 2.24) is 9.47 Å². The number of rotatable bonds is 6. The number of aliphatic hydroxyl groups excluding tert-OH is 1. The van der Waals surface area contributed by atoms with Crippen LogP contribution in [0.1, 0.15) is 35.8 Å². The van der Waals surface area contributed by atoms with Crippen molar-refractivity contribution in [1.29, 1.82) is 0 Å². The summed E-state index contributed by atoms with van der Waals surface area (Å²) < 4.78 is 29.8. The van der Waals surface area contributed by atoms with Crippen LogP contribution in [0.3, 0.4) is 0 Å². The molecule has 0 radical (unpaired) electrons. The summed E-state index contributed by atoms with van der Waals surface area (Å²) in [5.74, 6) is -0.535. The van der Waals surface area contributed by atoms with Crippen molar-refractivity contribution >= 4 is 34.9 Å². The third-order valence-corrected chi connectivity index (χ3v) is 6.73. The van der Waals surface area contributed by atoms with Gasteiger partial charge in [-0.25, -0.2) is 8.78 Å². The largest absolute Gasteiger partial charge is 0.388 e. The molecule has 0 amide bonds. The molecule has 1 N–H and O–H groups in total. The molecule has 5 rings (SSSR count). The first-order chi connectivity index (χ1) is 16.0. The van der Waals surface area contributed by atoms with Crippen LogP contribution in [-0.2, 0) is 13.0 Å². The summed E-state index contributed by atoms with van der Waals surface area (Å²) >= 11 is 5.93. The number of aliphatic hydroxyl groups is 1. The zero-order valence-corrected chi connectivity index (χ0v) is 20.1. The molecule has 178 valence electrons. The molecular formula is C27H26Cl2F2N2O. The van der Waals surface area contributed by atoms with Crippen LogP contribution in [0.4, 0.5) is 8.78 Å². The molecule has 0 bridgehead atoms. The molecule has 0 aliphatic carbocycles. The first-order valence-corrected chi connectivity index (χ1v) is 11.6. The quantitative estimate of drug-likeness (QED) is 0.312. The van der Waals surface area contributed by atoms with Crippen molar-refractivity contribution < 1.29 is 13.9 Å². The van der Waals surface area contributed by atoms with Gasteiger partial charge in [0, 0.05) is 41.3 Å². The maximum atomic E-state index is 14.1. The van der Waals surface area contributed by atoms with Gasteiger partial charge in [-0.2, -0.15) is 0 Å². The summed E-state index contributed by atoms with van der Waals surface area (Å²) in [7, 11) is 0. The van der Waals surface area contributed by atoms with Gasteiger partial charge in [0.25, 0.3) is 0 Å². The van der Waals surface area contributed by atoms with Gasteiger partial charge in [0.1, 0.15) is 11.6 Å². The molecule has 4 aromatic rings. The number of halogens is 4. The lowest BCUT2D eigenvalue weighted by Crippen LogP contribution is -2.32. The van der Waals surface area contributed by atoms with Gasteiger partial charge < -0.3 is 9.67 Å². The minimum Gasteiger partial charge on any atom is -0.388 e. The fraction of sp³-hybridized carbons (Fsp3) is 0.259. The Morgan fingerprint density at radius 3 is 2.38 bits per heavy atom. The van der Waals surface area contributed by atoms with Crippen LogP contribution in [0.15, 0.2) is 66.7 Å². The topological polar surface area (TPSA) is 28.4 Å². The van der Waals surface area contributed by atoms with E-state index in [4.69, 9.17) is 11.6 Å². The van der Waals surface area contributed by atoms with Crippen LogP contribution in [-0.4, -0.2) is 27.7 Å². The average molecular weight is 503 g/mol. The minimum atomic E-state index is -0.517. The van der Waals surface area contributed by atoms with Gasteiger partial charge in [0.05, 0.1) is 11.6 Å². The van der Waals surface area contributed by atoms with Crippen LogP contribution in [0.2, 0.25) is 5.02 Å². The third-order valence-electron chi connectivity index (χ3n) is 6.48. The first kappa shape index (κ1) is 24.7. The molecule has 7 heteroatoms. The van der Waals surface area contributed by atoms with Crippen LogP contribution in [0, 0.1) is 11.6 Å². The lowest BCUT2D eigenvalue weighted by molar-refractivity contribution is 0.153. The van der Waals surface area contributed by atoms with Crippen LogP contribution in [0.5, 0.6) is 0 Å². The molecule has 0 saturated heterocycles. The molecule has 1 unspecified atom stereocenters. The van der Waals surface area contributed by atoms with Crippen molar-refractivity contribution in [2.24, 2.45) is 0 Å². The second kappa shape index (κ2) is 10.4. The Morgan fingerprint density at radius 1 is 0.941 bits per heavy atom. The number of benzene rings is 3. The predicted molar refractivity (Wildman–Crippen MR) is 135 cm³/mol. The van der Waals surface area contributed by atoms with Crippen LogP contribution in [0.25, 0.3) is 16.6 Å². The highest BCUT2D eigenvalue weighted by molar-refractivity contribution is 6.30. The number of fused-ring (bicyclic) bond motifs is 3. The van der Waals surface area contributed by atoms with E-state index >= 15 is 0 Å². The van der Waals surface area contributed by atoms with E-state index in [1.165, 1.54) is 18.2 Å². The monoisotopic (exact) mass is 502 g/mol. The van der Waals surface area contributed by atoms with Gasteiger partial charge in [-0.3, -0.25) is 4.90 Å². The minimum absolute atomic E-state index is 0. The van der Waals surface area contributed by atoms with E-state index in [2.05, 4.69) is 9.47 Å². The van der Waals surface area contributed by atoms with Crippen molar-refractivity contribution in [2.45, 2.75) is 31.9 Å². The maximum absolute atomic E-state index is 14.1. The van der Waals surface area contributed by atoms with Gasteiger partial charge in [-0.05, 0) is 85.1 Å². The summed E-state index contributed by atoms with van der Waals surface area (Å²) in [6, 6.07) is 18.6. The fourth-order valence-electron chi connectivity index (χ4n) is 4.82. The van der Waals surface area contributed by atoms with Gasteiger partial charge >= 0.3 is 0 Å². The van der Waals surface area contributed by atoms with Crippen LogP contribution < -0.4 is 0 Å². The Morgan fingerprint density at radius 2 is 1.65 bits per heavy atom. The summed E-state index contributed by atoms with van der Waals surface area (Å²) in [5.41, 5.74) is 4.97. The highest BCUT2D eigenvalue weighted by atomic mass is 35.5. The Hall–Kier alpha value is -2.44. The number of hydrogen-bond acceptors (Lipinski definition) is 2. The van der Waals surface area contributed by atoms with E-state index < -0.39 is 6.10 Å². The molecule has 3 nitrogen and oxygen atoms in total. The van der Waals surface area contributed by atoms with Crippen molar-refractivity contribution in [3.8, 4) is 5.69 Å². The number of aromatic nitrogens is 1. The second-order valence-electron chi connectivity index (χ2n) is 8.63. The summed E-state index contributed by atoms with van der Waals surface area (Å²) in [5, 5.41) is 12.0. The number of hydrogen-bond donors (Lipinski definition) is 1. The van der Waals surface area contributed by atoms with Gasteiger partial charge in [0.15, 0.2) is 0 Å². The molecule has 2 heterocycles. The maximum Gasteiger partial charge on any atom is 0.123 e. The molecule has 34 heavy (non-hydrogen) atoms.